The topological polar surface area (TPSA) is 40.8 Å². The fraction of sp³-hybridized carbons (Fsp3) is 0.0645. The molecule has 5 rings (SSSR count). The van der Waals surface area contributed by atoms with Gasteiger partial charge in [-0.05, 0) is 22.3 Å². The van der Waals surface area contributed by atoms with Crippen molar-refractivity contribution in [3.63, 3.8) is 0 Å². The van der Waals surface area contributed by atoms with Crippen molar-refractivity contribution >= 4 is 5.82 Å². The van der Waals surface area contributed by atoms with Crippen LogP contribution in [0.4, 0.5) is 5.82 Å². The van der Waals surface area contributed by atoms with Crippen molar-refractivity contribution in [3.05, 3.63) is 138 Å². The lowest BCUT2D eigenvalue weighted by molar-refractivity contribution is 0.813. The Kier molecular flexibility index (Phi) is 6.23. The number of benzene rings is 4. The second kappa shape index (κ2) is 9.94. The molecule has 3 nitrogen and oxygen atoms in total. The molecule has 0 fully saturated rings. The molecule has 34 heavy (non-hydrogen) atoms. The lowest BCUT2D eigenvalue weighted by atomic mass is 9.98. The highest BCUT2D eigenvalue weighted by molar-refractivity contribution is 5.91. The van der Waals surface area contributed by atoms with E-state index in [2.05, 4.69) is 76.6 Å². The Hall–Kier alpha value is -4.55. The van der Waals surface area contributed by atoms with E-state index < -0.39 is 0 Å². The van der Waals surface area contributed by atoms with Crippen LogP contribution in [0.1, 0.15) is 16.7 Å². The summed E-state index contributed by atoms with van der Waals surface area (Å²) in [4.78, 5) is 0. The normalized spacial score (nSPS) is 10.6. The summed E-state index contributed by atoms with van der Waals surface area (Å²) in [5.74, 6) is 0.841. The third-order valence-corrected chi connectivity index (χ3v) is 5.97. The van der Waals surface area contributed by atoms with Crippen molar-refractivity contribution in [3.8, 4) is 28.5 Å². The monoisotopic (exact) mass is 439 g/mol. The zero-order valence-corrected chi connectivity index (χ0v) is 18.9. The lowest BCUT2D eigenvalue weighted by Gasteiger charge is -2.16. The average Bonchev–Trinajstić information content (AvgIpc) is 3.22. The fourth-order valence-electron chi connectivity index (χ4n) is 4.40. The molecule has 0 saturated heterocycles. The molecule has 1 heterocycles. The zero-order chi connectivity index (χ0) is 23.2. The van der Waals surface area contributed by atoms with E-state index in [0.717, 1.165) is 28.2 Å². The Balaban J connectivity index is 1.74. The molecule has 0 saturated carbocycles. The summed E-state index contributed by atoms with van der Waals surface area (Å²) >= 11 is 0. The van der Waals surface area contributed by atoms with Crippen LogP contribution >= 0.6 is 0 Å². The Morgan fingerprint density at radius 1 is 0.618 bits per heavy atom. The van der Waals surface area contributed by atoms with Gasteiger partial charge in [-0.1, -0.05) is 121 Å². The van der Waals surface area contributed by atoms with E-state index in [1.165, 1.54) is 11.1 Å². The summed E-state index contributed by atoms with van der Waals surface area (Å²) in [5.41, 5.74) is 7.14. The molecule has 1 N–H and O–H groups in total. The molecule has 4 aromatic carbocycles. The van der Waals surface area contributed by atoms with Gasteiger partial charge in [0.2, 0.25) is 0 Å². The van der Waals surface area contributed by atoms with E-state index in [9.17, 15) is 5.26 Å². The number of hydrogen-bond donors (Lipinski definition) is 1. The van der Waals surface area contributed by atoms with Crippen LogP contribution in [0.5, 0.6) is 0 Å². The summed E-state index contributed by atoms with van der Waals surface area (Å²) < 4.78 is 2.26. The van der Waals surface area contributed by atoms with Crippen LogP contribution in [0, 0.1) is 11.3 Å². The van der Waals surface area contributed by atoms with Gasteiger partial charge in [-0.25, -0.2) is 0 Å². The van der Waals surface area contributed by atoms with Crippen molar-refractivity contribution < 1.29 is 0 Å². The van der Waals surface area contributed by atoms with Crippen LogP contribution in [0.25, 0.3) is 22.4 Å². The maximum Gasteiger partial charge on any atom is 0.125 e. The van der Waals surface area contributed by atoms with E-state index in [-0.39, 0.29) is 0 Å². The molecule has 0 aliphatic rings. The number of nitriles is 1. The second-order valence-corrected chi connectivity index (χ2v) is 8.20. The summed E-state index contributed by atoms with van der Waals surface area (Å²) in [6.07, 6.45) is 0. The first-order valence-electron chi connectivity index (χ1n) is 11.4. The van der Waals surface area contributed by atoms with Crippen molar-refractivity contribution in [1.82, 2.24) is 4.57 Å². The van der Waals surface area contributed by atoms with Crippen LogP contribution < -0.4 is 5.32 Å². The van der Waals surface area contributed by atoms with Gasteiger partial charge in [0, 0.05) is 18.7 Å². The van der Waals surface area contributed by atoms with Gasteiger partial charge in [-0.2, -0.15) is 5.26 Å². The zero-order valence-electron chi connectivity index (χ0n) is 18.9. The molecule has 0 aliphatic heterocycles. The highest BCUT2D eigenvalue weighted by Crippen LogP contribution is 2.42. The molecule has 5 aromatic rings. The highest BCUT2D eigenvalue weighted by Gasteiger charge is 2.25. The maximum absolute atomic E-state index is 10.4. The first-order valence-corrected chi connectivity index (χ1v) is 11.4. The van der Waals surface area contributed by atoms with E-state index in [4.69, 9.17) is 0 Å². The number of nitrogens with one attached hydrogen (secondary N) is 1. The van der Waals surface area contributed by atoms with Gasteiger partial charge in [0.15, 0.2) is 0 Å². The molecular weight excluding hydrogens is 414 g/mol. The molecule has 0 unspecified atom stereocenters. The third-order valence-electron chi connectivity index (χ3n) is 5.97. The van der Waals surface area contributed by atoms with Gasteiger partial charge in [0.05, 0.1) is 5.69 Å². The summed E-state index contributed by atoms with van der Waals surface area (Å²) in [5, 5.41) is 14.0. The first kappa shape index (κ1) is 21.3. The van der Waals surface area contributed by atoms with Crippen molar-refractivity contribution in [2.24, 2.45) is 0 Å². The molecule has 0 spiro atoms. The van der Waals surface area contributed by atoms with E-state index in [0.29, 0.717) is 18.7 Å². The molecule has 0 aliphatic carbocycles. The van der Waals surface area contributed by atoms with Gasteiger partial charge in [0.1, 0.15) is 17.5 Å². The number of nitrogens with zero attached hydrogens (tertiary/aromatic N) is 2. The van der Waals surface area contributed by atoms with Gasteiger partial charge in [-0.3, -0.25) is 0 Å². The van der Waals surface area contributed by atoms with Crippen LogP contribution in [0.15, 0.2) is 121 Å². The van der Waals surface area contributed by atoms with Crippen LogP contribution in [-0.2, 0) is 13.1 Å². The SMILES string of the molecule is N#Cc1c(-c2ccccc2)c(-c2ccccc2)n(Cc2ccccc2)c1NCc1ccccc1. The summed E-state index contributed by atoms with van der Waals surface area (Å²) in [6, 6.07) is 43.8. The van der Waals surface area contributed by atoms with Gasteiger partial charge < -0.3 is 9.88 Å². The van der Waals surface area contributed by atoms with Crippen LogP contribution in [-0.4, -0.2) is 4.57 Å². The number of aromatic nitrogens is 1. The van der Waals surface area contributed by atoms with Crippen molar-refractivity contribution in [2.75, 3.05) is 5.32 Å². The van der Waals surface area contributed by atoms with Crippen LogP contribution in [0.3, 0.4) is 0 Å². The molecule has 1 aromatic heterocycles. The van der Waals surface area contributed by atoms with Gasteiger partial charge in [-0.15, -0.1) is 0 Å². The Morgan fingerprint density at radius 2 is 1.12 bits per heavy atom. The Labute approximate surface area is 200 Å². The smallest absolute Gasteiger partial charge is 0.125 e. The van der Waals surface area contributed by atoms with Gasteiger partial charge >= 0.3 is 0 Å². The first-order chi connectivity index (χ1) is 16.8. The predicted molar refractivity (Wildman–Crippen MR) is 139 cm³/mol. The maximum atomic E-state index is 10.4. The molecular formula is C31H25N3. The summed E-state index contributed by atoms with van der Waals surface area (Å²) in [7, 11) is 0. The number of hydrogen-bond acceptors (Lipinski definition) is 2. The molecule has 164 valence electrons. The summed E-state index contributed by atoms with van der Waals surface area (Å²) in [6.45, 7) is 1.29. The minimum absolute atomic E-state index is 0.636. The molecule has 3 heteroatoms. The number of anilines is 1. The van der Waals surface area contributed by atoms with Crippen molar-refractivity contribution in [1.29, 1.82) is 5.26 Å². The molecule has 0 amide bonds. The Bertz CT molecular complexity index is 1400. The van der Waals surface area contributed by atoms with Crippen molar-refractivity contribution in [2.45, 2.75) is 13.1 Å². The fourth-order valence-corrected chi connectivity index (χ4v) is 4.40. The molecule has 0 atom stereocenters. The van der Waals surface area contributed by atoms with E-state index in [1.54, 1.807) is 0 Å². The lowest BCUT2D eigenvalue weighted by Crippen LogP contribution is -2.10. The molecule has 0 radical (unpaired) electrons. The quantitative estimate of drug-likeness (QED) is 0.288. The third kappa shape index (κ3) is 4.35. The average molecular weight is 440 g/mol. The van der Waals surface area contributed by atoms with Gasteiger partial charge in [0.25, 0.3) is 0 Å². The minimum atomic E-state index is 0.636. The highest BCUT2D eigenvalue weighted by atomic mass is 15.1. The minimum Gasteiger partial charge on any atom is -0.366 e. The number of rotatable bonds is 7. The van der Waals surface area contributed by atoms with E-state index in [1.807, 2.05) is 60.7 Å². The predicted octanol–water partition coefficient (Wildman–Crippen LogP) is 7.35. The van der Waals surface area contributed by atoms with E-state index >= 15 is 0 Å². The Morgan fingerprint density at radius 3 is 1.68 bits per heavy atom. The van der Waals surface area contributed by atoms with Crippen LogP contribution in [0.2, 0.25) is 0 Å². The second-order valence-electron chi connectivity index (χ2n) is 8.20. The largest absolute Gasteiger partial charge is 0.366 e. The molecule has 0 bridgehead atoms. The standard InChI is InChI=1S/C31H25N3/c32-21-28-29(26-17-9-3-10-18-26)30(27-19-11-4-12-20-27)34(23-25-15-7-2-8-16-25)31(28)33-22-24-13-5-1-6-14-24/h1-20,33H,22-23H2.